The summed E-state index contributed by atoms with van der Waals surface area (Å²) in [6, 6.07) is 14.1. The van der Waals surface area contributed by atoms with Gasteiger partial charge in [-0.25, -0.2) is 4.39 Å². The number of hydrogen-bond acceptors (Lipinski definition) is 3. The fraction of sp³-hybridized carbons (Fsp3) is 0. The van der Waals surface area contributed by atoms with Gasteiger partial charge in [0.25, 0.3) is 0 Å². The van der Waals surface area contributed by atoms with Crippen molar-refractivity contribution in [2.75, 3.05) is 11.1 Å². The Kier molecular flexibility index (Phi) is 2.76. The van der Waals surface area contributed by atoms with E-state index in [1.165, 1.54) is 6.07 Å². The van der Waals surface area contributed by atoms with E-state index in [-0.39, 0.29) is 5.82 Å². The van der Waals surface area contributed by atoms with E-state index in [1.54, 1.807) is 18.3 Å². The molecule has 94 valence electrons. The monoisotopic (exact) mass is 253 g/mol. The number of rotatable bonds is 2. The summed E-state index contributed by atoms with van der Waals surface area (Å²) in [6.07, 6.45) is 1.72. The highest BCUT2D eigenvalue weighted by Gasteiger charge is 2.06. The number of aromatic nitrogens is 1. The Bertz CT molecular complexity index is 735. The minimum absolute atomic E-state index is 0.382. The lowest BCUT2D eigenvalue weighted by Gasteiger charge is -2.10. The number of hydrogen-bond donors (Lipinski definition) is 2. The van der Waals surface area contributed by atoms with Crippen molar-refractivity contribution < 1.29 is 4.39 Å². The van der Waals surface area contributed by atoms with Gasteiger partial charge in [-0.05, 0) is 30.3 Å². The van der Waals surface area contributed by atoms with Gasteiger partial charge in [-0.3, -0.25) is 4.98 Å². The molecule has 3 N–H and O–H groups in total. The summed E-state index contributed by atoms with van der Waals surface area (Å²) in [5, 5.41) is 4.05. The molecule has 3 nitrogen and oxygen atoms in total. The van der Waals surface area contributed by atoms with Gasteiger partial charge in [0.05, 0.1) is 16.9 Å². The second-order valence-corrected chi connectivity index (χ2v) is 4.24. The zero-order valence-electron chi connectivity index (χ0n) is 10.1. The highest BCUT2D eigenvalue weighted by Crippen LogP contribution is 2.26. The van der Waals surface area contributed by atoms with Crippen molar-refractivity contribution in [1.29, 1.82) is 0 Å². The maximum atomic E-state index is 13.8. The molecule has 0 bridgehead atoms. The van der Waals surface area contributed by atoms with E-state index >= 15 is 0 Å². The Morgan fingerprint density at radius 2 is 1.84 bits per heavy atom. The number of halogens is 1. The van der Waals surface area contributed by atoms with Gasteiger partial charge in [-0.15, -0.1) is 0 Å². The van der Waals surface area contributed by atoms with Crippen LogP contribution in [0.4, 0.5) is 21.5 Å². The number of nitrogens with zero attached hydrogens (tertiary/aromatic N) is 1. The molecular weight excluding hydrogens is 241 g/mol. The fourth-order valence-electron chi connectivity index (χ4n) is 1.98. The van der Waals surface area contributed by atoms with Crippen LogP contribution in [-0.2, 0) is 0 Å². The molecule has 0 unspecified atom stereocenters. The van der Waals surface area contributed by atoms with Crippen LogP contribution < -0.4 is 11.1 Å². The summed E-state index contributed by atoms with van der Waals surface area (Å²) in [4.78, 5) is 4.31. The van der Waals surface area contributed by atoms with Gasteiger partial charge >= 0.3 is 0 Å². The molecule has 0 saturated heterocycles. The predicted octanol–water partition coefficient (Wildman–Crippen LogP) is 3.70. The quantitative estimate of drug-likeness (QED) is 0.685. The van der Waals surface area contributed by atoms with Gasteiger partial charge in [0.1, 0.15) is 5.82 Å². The lowest BCUT2D eigenvalue weighted by Crippen LogP contribution is -1.96. The van der Waals surface area contributed by atoms with E-state index in [9.17, 15) is 4.39 Å². The molecule has 1 aromatic heterocycles. The summed E-state index contributed by atoms with van der Waals surface area (Å²) >= 11 is 0. The largest absolute Gasteiger partial charge is 0.399 e. The minimum Gasteiger partial charge on any atom is -0.399 e. The summed E-state index contributed by atoms with van der Waals surface area (Å²) < 4.78 is 13.8. The van der Waals surface area contributed by atoms with Crippen molar-refractivity contribution in [3.8, 4) is 0 Å². The molecule has 0 amide bonds. The number of fused-ring (bicyclic) bond motifs is 1. The van der Waals surface area contributed by atoms with Crippen LogP contribution in [-0.4, -0.2) is 4.98 Å². The molecule has 0 spiro atoms. The first kappa shape index (κ1) is 11.5. The molecule has 0 radical (unpaired) electrons. The highest BCUT2D eigenvalue weighted by molar-refractivity contribution is 5.92. The first-order valence-electron chi connectivity index (χ1n) is 5.90. The number of nitrogens with two attached hydrogens (primary N) is 1. The molecule has 3 rings (SSSR count). The van der Waals surface area contributed by atoms with E-state index in [1.807, 2.05) is 30.3 Å². The van der Waals surface area contributed by atoms with E-state index in [0.29, 0.717) is 11.4 Å². The number of nitrogens with one attached hydrogen (secondary N) is 1. The molecule has 2 aromatic carbocycles. The molecule has 0 saturated carbocycles. The van der Waals surface area contributed by atoms with E-state index in [4.69, 9.17) is 5.73 Å². The second kappa shape index (κ2) is 4.57. The Balaban J connectivity index is 2.06. The smallest absolute Gasteiger partial charge is 0.148 e. The summed E-state index contributed by atoms with van der Waals surface area (Å²) in [7, 11) is 0. The summed E-state index contributed by atoms with van der Waals surface area (Å²) in [6.45, 7) is 0. The zero-order valence-corrected chi connectivity index (χ0v) is 10.1. The van der Waals surface area contributed by atoms with Crippen LogP contribution in [0.1, 0.15) is 0 Å². The molecule has 0 fully saturated rings. The molecule has 0 aliphatic carbocycles. The maximum absolute atomic E-state index is 13.8. The van der Waals surface area contributed by atoms with Crippen molar-refractivity contribution in [2.24, 2.45) is 0 Å². The van der Waals surface area contributed by atoms with Crippen molar-refractivity contribution in [1.82, 2.24) is 4.98 Å². The Morgan fingerprint density at radius 1 is 1.00 bits per heavy atom. The number of anilines is 3. The van der Waals surface area contributed by atoms with Gasteiger partial charge in [0, 0.05) is 17.3 Å². The van der Waals surface area contributed by atoms with Gasteiger partial charge in [-0.2, -0.15) is 0 Å². The van der Waals surface area contributed by atoms with Crippen molar-refractivity contribution in [3.63, 3.8) is 0 Å². The molecule has 19 heavy (non-hydrogen) atoms. The Morgan fingerprint density at radius 3 is 2.68 bits per heavy atom. The summed E-state index contributed by atoms with van der Waals surface area (Å²) in [5.74, 6) is -0.382. The average Bonchev–Trinajstić information content (AvgIpc) is 2.42. The standard InChI is InChI=1S/C15H12FN3/c16-12-9-11(17)6-7-13(12)19-14-5-1-3-10-4-2-8-18-15(10)14/h1-9,19H,17H2. The first-order chi connectivity index (χ1) is 9.24. The van der Waals surface area contributed by atoms with Crippen LogP contribution in [0.5, 0.6) is 0 Å². The third kappa shape index (κ3) is 2.20. The SMILES string of the molecule is Nc1ccc(Nc2cccc3cccnc23)c(F)c1. The zero-order chi connectivity index (χ0) is 13.2. The molecular formula is C15H12FN3. The molecule has 1 heterocycles. The van der Waals surface area contributed by atoms with Crippen molar-refractivity contribution in [2.45, 2.75) is 0 Å². The van der Waals surface area contributed by atoms with Crippen LogP contribution in [0.25, 0.3) is 10.9 Å². The summed E-state index contributed by atoms with van der Waals surface area (Å²) in [5.41, 5.74) is 7.89. The van der Waals surface area contributed by atoms with Crippen LogP contribution in [0, 0.1) is 5.82 Å². The number of para-hydroxylation sites is 1. The molecule has 0 aliphatic heterocycles. The third-order valence-corrected chi connectivity index (χ3v) is 2.90. The molecule has 0 aliphatic rings. The number of benzene rings is 2. The average molecular weight is 253 g/mol. The van der Waals surface area contributed by atoms with E-state index in [0.717, 1.165) is 16.6 Å². The van der Waals surface area contributed by atoms with Crippen LogP contribution >= 0.6 is 0 Å². The lowest BCUT2D eigenvalue weighted by molar-refractivity contribution is 0.632. The topological polar surface area (TPSA) is 50.9 Å². The van der Waals surface area contributed by atoms with Crippen LogP contribution in [0.15, 0.2) is 54.7 Å². The Hall–Kier alpha value is -2.62. The van der Waals surface area contributed by atoms with E-state index < -0.39 is 0 Å². The highest BCUT2D eigenvalue weighted by atomic mass is 19.1. The maximum Gasteiger partial charge on any atom is 0.148 e. The first-order valence-corrected chi connectivity index (χ1v) is 5.90. The van der Waals surface area contributed by atoms with Gasteiger partial charge in [0.15, 0.2) is 0 Å². The number of nitrogen functional groups attached to an aromatic ring is 1. The Labute approximate surface area is 109 Å². The van der Waals surface area contributed by atoms with Crippen LogP contribution in [0.3, 0.4) is 0 Å². The van der Waals surface area contributed by atoms with Gasteiger partial charge < -0.3 is 11.1 Å². The fourth-order valence-corrected chi connectivity index (χ4v) is 1.98. The van der Waals surface area contributed by atoms with Gasteiger partial charge in [0.2, 0.25) is 0 Å². The normalized spacial score (nSPS) is 10.6. The molecule has 3 aromatic rings. The van der Waals surface area contributed by atoms with E-state index in [2.05, 4.69) is 10.3 Å². The third-order valence-electron chi connectivity index (χ3n) is 2.90. The number of pyridine rings is 1. The second-order valence-electron chi connectivity index (χ2n) is 4.24. The van der Waals surface area contributed by atoms with Crippen molar-refractivity contribution in [3.05, 3.63) is 60.5 Å². The van der Waals surface area contributed by atoms with Crippen LogP contribution in [0.2, 0.25) is 0 Å². The van der Waals surface area contributed by atoms with Crippen molar-refractivity contribution >= 4 is 28.0 Å². The minimum atomic E-state index is -0.382. The molecule has 4 heteroatoms. The van der Waals surface area contributed by atoms with Gasteiger partial charge in [-0.1, -0.05) is 18.2 Å². The predicted molar refractivity (Wildman–Crippen MR) is 75.8 cm³/mol. The lowest BCUT2D eigenvalue weighted by atomic mass is 10.2. The molecule has 0 atom stereocenters.